The van der Waals surface area contributed by atoms with E-state index in [1.54, 1.807) is 41.9 Å². The fourth-order valence-corrected chi connectivity index (χ4v) is 4.73. The number of amides is 3. The average Bonchev–Trinajstić information content (AvgIpc) is 3.12. The Morgan fingerprint density at radius 2 is 1.64 bits per heavy atom. The minimum Gasteiger partial charge on any atom is -0.335 e. The third-order valence-corrected chi connectivity index (χ3v) is 6.55. The maximum atomic E-state index is 13.0. The van der Waals surface area contributed by atoms with Crippen LogP contribution in [-0.2, 0) is 0 Å². The van der Waals surface area contributed by atoms with Crippen LogP contribution in [0.2, 0.25) is 15.1 Å². The Morgan fingerprint density at radius 3 is 2.30 bits per heavy atom. The van der Waals surface area contributed by atoms with Crippen LogP contribution in [0.25, 0.3) is 16.9 Å². The van der Waals surface area contributed by atoms with E-state index in [4.69, 9.17) is 34.8 Å². The molecule has 0 spiro atoms. The van der Waals surface area contributed by atoms with E-state index in [0.717, 1.165) is 31.2 Å². The Kier molecular flexibility index (Phi) is 7.27. The highest BCUT2D eigenvalue weighted by molar-refractivity contribution is 6.35. The van der Waals surface area contributed by atoms with E-state index in [0.29, 0.717) is 32.0 Å². The van der Waals surface area contributed by atoms with Gasteiger partial charge in [0.25, 0.3) is 5.91 Å². The van der Waals surface area contributed by atoms with E-state index in [1.165, 1.54) is 6.42 Å². The number of hydrogen-bond acceptors (Lipinski definition) is 3. The van der Waals surface area contributed by atoms with Crippen LogP contribution in [0.1, 0.15) is 48.2 Å². The van der Waals surface area contributed by atoms with Gasteiger partial charge in [-0.3, -0.25) is 10.1 Å². The molecule has 0 radical (unpaired) electrons. The minimum absolute atomic E-state index is 0.0858. The maximum absolute atomic E-state index is 13.0. The first-order chi connectivity index (χ1) is 15.8. The van der Waals surface area contributed by atoms with Gasteiger partial charge in [-0.25, -0.2) is 9.48 Å². The molecule has 2 N–H and O–H groups in total. The van der Waals surface area contributed by atoms with Crippen molar-refractivity contribution >= 4 is 46.7 Å². The summed E-state index contributed by atoms with van der Waals surface area (Å²) in [7, 11) is 0. The summed E-state index contributed by atoms with van der Waals surface area (Å²) in [5.74, 6) is -0.583. The van der Waals surface area contributed by atoms with Crippen molar-refractivity contribution in [2.75, 3.05) is 0 Å². The Morgan fingerprint density at radius 1 is 0.970 bits per heavy atom. The highest BCUT2D eigenvalue weighted by Gasteiger charge is 2.25. The lowest BCUT2D eigenvalue weighted by molar-refractivity contribution is 0.0957. The van der Waals surface area contributed by atoms with Gasteiger partial charge in [0.05, 0.1) is 16.4 Å². The van der Waals surface area contributed by atoms with Crippen LogP contribution in [0.15, 0.2) is 42.5 Å². The molecule has 172 valence electrons. The summed E-state index contributed by atoms with van der Waals surface area (Å²) in [4.78, 5) is 25.5. The average molecular weight is 506 g/mol. The third kappa shape index (κ3) is 5.35. The molecule has 1 aliphatic carbocycles. The van der Waals surface area contributed by atoms with Gasteiger partial charge in [-0.2, -0.15) is 5.10 Å². The van der Waals surface area contributed by atoms with Crippen LogP contribution in [0.3, 0.4) is 0 Å². The van der Waals surface area contributed by atoms with E-state index in [-0.39, 0.29) is 11.7 Å². The molecule has 1 aliphatic rings. The Hall–Kier alpha value is -2.54. The van der Waals surface area contributed by atoms with Crippen molar-refractivity contribution in [2.24, 2.45) is 0 Å². The molecule has 2 aromatic carbocycles. The lowest BCUT2D eigenvalue weighted by Gasteiger charge is -2.22. The zero-order chi connectivity index (χ0) is 23.5. The van der Waals surface area contributed by atoms with Gasteiger partial charge < -0.3 is 5.32 Å². The predicted molar refractivity (Wildman–Crippen MR) is 132 cm³/mol. The summed E-state index contributed by atoms with van der Waals surface area (Å²) >= 11 is 18.6. The van der Waals surface area contributed by atoms with Crippen LogP contribution >= 0.6 is 34.8 Å². The first-order valence-electron chi connectivity index (χ1n) is 10.8. The van der Waals surface area contributed by atoms with Gasteiger partial charge in [-0.15, -0.1) is 0 Å². The van der Waals surface area contributed by atoms with Crippen molar-refractivity contribution in [3.8, 4) is 16.9 Å². The lowest BCUT2D eigenvalue weighted by atomic mass is 9.96. The molecular formula is C24H23Cl3N4O2. The van der Waals surface area contributed by atoms with Gasteiger partial charge in [0.1, 0.15) is 0 Å². The first-order valence-corrected chi connectivity index (χ1v) is 11.9. The number of carbonyl (C=O) groups is 2. The number of rotatable bonds is 4. The normalized spacial score (nSPS) is 14.2. The van der Waals surface area contributed by atoms with Gasteiger partial charge >= 0.3 is 6.03 Å². The number of halogens is 3. The molecule has 0 bridgehead atoms. The Labute approximate surface area is 207 Å². The molecule has 1 heterocycles. The number of hydrogen-bond donors (Lipinski definition) is 2. The maximum Gasteiger partial charge on any atom is 0.321 e. The zero-order valence-corrected chi connectivity index (χ0v) is 20.3. The molecule has 0 saturated heterocycles. The second kappa shape index (κ2) is 10.2. The summed E-state index contributed by atoms with van der Waals surface area (Å²) in [6, 6.07) is 11.8. The molecule has 1 fully saturated rings. The van der Waals surface area contributed by atoms with Crippen LogP contribution in [0, 0.1) is 6.92 Å². The third-order valence-electron chi connectivity index (χ3n) is 5.76. The molecule has 4 rings (SSSR count). The predicted octanol–water partition coefficient (Wildman–Crippen LogP) is 6.58. The van der Waals surface area contributed by atoms with Crippen molar-refractivity contribution in [3.63, 3.8) is 0 Å². The molecule has 1 aromatic heterocycles. The van der Waals surface area contributed by atoms with Crippen molar-refractivity contribution in [3.05, 3.63) is 68.8 Å². The standard InChI is InChI=1S/C24H23Cl3N4O2/c1-14-21(23(32)29-24(33)28-18-5-3-2-4-6-18)30-31(20-12-11-17(26)13-19(20)27)22(14)15-7-9-16(25)10-8-15/h7-13,18H,2-6H2,1H3,(H2,28,29,32,33). The van der Waals surface area contributed by atoms with Gasteiger partial charge in [-0.1, -0.05) is 66.2 Å². The number of carbonyl (C=O) groups excluding carboxylic acids is 2. The smallest absolute Gasteiger partial charge is 0.321 e. The highest BCUT2D eigenvalue weighted by Crippen LogP contribution is 2.33. The molecule has 1 saturated carbocycles. The molecule has 0 aliphatic heterocycles. The van der Waals surface area contributed by atoms with E-state index in [2.05, 4.69) is 15.7 Å². The van der Waals surface area contributed by atoms with Gasteiger partial charge in [-0.05, 0) is 50.1 Å². The summed E-state index contributed by atoms with van der Waals surface area (Å²) in [6.07, 6.45) is 5.18. The van der Waals surface area contributed by atoms with Crippen molar-refractivity contribution in [1.29, 1.82) is 0 Å². The molecule has 9 heteroatoms. The van der Waals surface area contributed by atoms with Crippen LogP contribution in [-0.4, -0.2) is 27.8 Å². The Bertz CT molecular complexity index is 1190. The molecule has 0 atom stereocenters. The summed E-state index contributed by atoms with van der Waals surface area (Å²) in [5.41, 5.74) is 2.74. The van der Waals surface area contributed by atoms with Crippen LogP contribution in [0.5, 0.6) is 0 Å². The summed E-state index contributed by atoms with van der Waals surface area (Å²) in [6.45, 7) is 1.78. The molecule has 0 unspecified atom stereocenters. The summed E-state index contributed by atoms with van der Waals surface area (Å²) in [5, 5.41) is 11.3. The quantitative estimate of drug-likeness (QED) is 0.420. The zero-order valence-electron chi connectivity index (χ0n) is 18.0. The number of benzene rings is 2. The summed E-state index contributed by atoms with van der Waals surface area (Å²) < 4.78 is 1.59. The van der Waals surface area contributed by atoms with Crippen molar-refractivity contribution in [2.45, 2.75) is 45.1 Å². The topological polar surface area (TPSA) is 76.0 Å². The fraction of sp³-hybridized carbons (Fsp3) is 0.292. The van der Waals surface area contributed by atoms with Crippen molar-refractivity contribution < 1.29 is 9.59 Å². The van der Waals surface area contributed by atoms with Gasteiger partial charge in [0.2, 0.25) is 0 Å². The Balaban J connectivity index is 1.69. The monoisotopic (exact) mass is 504 g/mol. The second-order valence-corrected chi connectivity index (χ2v) is 9.38. The fourth-order valence-electron chi connectivity index (χ4n) is 4.12. The molecule has 6 nitrogen and oxygen atoms in total. The van der Waals surface area contributed by atoms with E-state index < -0.39 is 11.9 Å². The van der Waals surface area contributed by atoms with Gasteiger partial charge in [0.15, 0.2) is 5.69 Å². The lowest BCUT2D eigenvalue weighted by Crippen LogP contribution is -2.45. The molecule has 3 amide bonds. The number of aromatic nitrogens is 2. The number of nitrogens with zero attached hydrogens (tertiary/aromatic N) is 2. The van der Waals surface area contributed by atoms with E-state index in [1.807, 2.05) is 12.1 Å². The largest absolute Gasteiger partial charge is 0.335 e. The number of imide groups is 1. The molecule has 33 heavy (non-hydrogen) atoms. The highest BCUT2D eigenvalue weighted by atomic mass is 35.5. The van der Waals surface area contributed by atoms with E-state index in [9.17, 15) is 9.59 Å². The van der Waals surface area contributed by atoms with Crippen LogP contribution < -0.4 is 10.6 Å². The minimum atomic E-state index is -0.583. The number of urea groups is 1. The van der Waals surface area contributed by atoms with E-state index >= 15 is 0 Å². The van der Waals surface area contributed by atoms with Crippen molar-refractivity contribution in [1.82, 2.24) is 20.4 Å². The first kappa shape index (κ1) is 23.6. The SMILES string of the molecule is Cc1c(C(=O)NC(=O)NC2CCCCC2)nn(-c2ccc(Cl)cc2Cl)c1-c1ccc(Cl)cc1. The van der Waals surface area contributed by atoms with Gasteiger partial charge in [0, 0.05) is 27.2 Å². The molecular weight excluding hydrogens is 483 g/mol. The van der Waals surface area contributed by atoms with Crippen LogP contribution in [0.4, 0.5) is 4.79 Å². The second-order valence-electron chi connectivity index (χ2n) is 8.10. The number of nitrogens with one attached hydrogen (secondary N) is 2. The molecule has 3 aromatic rings.